The summed E-state index contributed by atoms with van der Waals surface area (Å²) in [5.74, 6) is 0.140. The van der Waals surface area contributed by atoms with Gasteiger partial charge >= 0.3 is 0 Å². The molecule has 7 heteroatoms. The second-order valence-corrected chi connectivity index (χ2v) is 6.47. The van der Waals surface area contributed by atoms with Crippen molar-refractivity contribution in [2.24, 2.45) is 0 Å². The van der Waals surface area contributed by atoms with E-state index in [4.69, 9.17) is 16.3 Å². The third-order valence-corrected chi connectivity index (χ3v) is 4.37. The van der Waals surface area contributed by atoms with E-state index in [1.165, 1.54) is 18.4 Å². The average molecular weight is 348 g/mol. The predicted molar refractivity (Wildman–Crippen MR) is 92.1 cm³/mol. The molecular formula is C16H14ClN3O2S. The van der Waals surface area contributed by atoms with Gasteiger partial charge in [0, 0.05) is 29.5 Å². The third-order valence-electron chi connectivity index (χ3n) is 3.24. The van der Waals surface area contributed by atoms with Crippen molar-refractivity contribution in [1.29, 1.82) is 0 Å². The minimum atomic E-state index is -0.308. The van der Waals surface area contributed by atoms with Crippen LogP contribution in [0.4, 0.5) is 5.13 Å². The molecule has 118 valence electrons. The summed E-state index contributed by atoms with van der Waals surface area (Å²) in [5.41, 5.74) is 1.11. The molecule has 2 heterocycles. The Labute approximate surface area is 142 Å². The lowest BCUT2D eigenvalue weighted by Crippen LogP contribution is -2.13. The molecule has 0 radical (unpaired) electrons. The fourth-order valence-electron chi connectivity index (χ4n) is 2.16. The highest BCUT2D eigenvalue weighted by molar-refractivity contribution is 7.15. The maximum atomic E-state index is 12.5. The molecule has 23 heavy (non-hydrogen) atoms. The van der Waals surface area contributed by atoms with Crippen molar-refractivity contribution in [2.45, 2.75) is 6.92 Å². The Hall–Kier alpha value is -2.31. The van der Waals surface area contributed by atoms with E-state index in [1.807, 2.05) is 36.0 Å². The predicted octanol–water partition coefficient (Wildman–Crippen LogP) is 4.16. The number of amides is 1. The SMILES string of the molecule is COc1cc(-n2cccc2)c(Cl)cc1C(=O)Nc1ncc(C)s1. The highest BCUT2D eigenvalue weighted by Crippen LogP contribution is 2.30. The molecule has 0 atom stereocenters. The summed E-state index contributed by atoms with van der Waals surface area (Å²) in [6, 6.07) is 7.14. The van der Waals surface area contributed by atoms with Gasteiger partial charge in [0.15, 0.2) is 5.13 Å². The summed E-state index contributed by atoms with van der Waals surface area (Å²) in [7, 11) is 1.52. The van der Waals surface area contributed by atoms with Gasteiger partial charge < -0.3 is 9.30 Å². The molecule has 3 aromatic rings. The zero-order chi connectivity index (χ0) is 16.4. The van der Waals surface area contributed by atoms with Crippen molar-refractivity contribution in [3.05, 3.63) is 58.3 Å². The highest BCUT2D eigenvalue weighted by Gasteiger charge is 2.17. The molecule has 5 nitrogen and oxygen atoms in total. The number of hydrogen-bond acceptors (Lipinski definition) is 4. The lowest BCUT2D eigenvalue weighted by Gasteiger charge is -2.13. The van der Waals surface area contributed by atoms with Crippen LogP contribution in [0.2, 0.25) is 5.02 Å². The van der Waals surface area contributed by atoms with Crippen LogP contribution in [0.3, 0.4) is 0 Å². The van der Waals surface area contributed by atoms with E-state index >= 15 is 0 Å². The lowest BCUT2D eigenvalue weighted by atomic mass is 10.1. The Bertz CT molecular complexity index is 843. The molecule has 1 aromatic carbocycles. The molecular weight excluding hydrogens is 334 g/mol. The van der Waals surface area contributed by atoms with Crippen molar-refractivity contribution < 1.29 is 9.53 Å². The van der Waals surface area contributed by atoms with Crippen LogP contribution < -0.4 is 10.1 Å². The Morgan fingerprint density at radius 2 is 2.09 bits per heavy atom. The Morgan fingerprint density at radius 1 is 1.35 bits per heavy atom. The molecule has 0 aliphatic rings. The summed E-state index contributed by atoms with van der Waals surface area (Å²) < 4.78 is 7.21. The van der Waals surface area contributed by atoms with Crippen molar-refractivity contribution in [2.75, 3.05) is 12.4 Å². The first-order chi connectivity index (χ1) is 11.1. The van der Waals surface area contributed by atoms with E-state index in [9.17, 15) is 4.79 Å². The van der Waals surface area contributed by atoms with Gasteiger partial charge in [-0.25, -0.2) is 4.98 Å². The largest absolute Gasteiger partial charge is 0.496 e. The summed E-state index contributed by atoms with van der Waals surface area (Å²) in [5, 5.41) is 3.76. The van der Waals surface area contributed by atoms with Crippen LogP contribution in [0, 0.1) is 6.92 Å². The number of halogens is 1. The lowest BCUT2D eigenvalue weighted by molar-refractivity contribution is 0.102. The number of thiazole rings is 1. The zero-order valence-electron chi connectivity index (χ0n) is 12.5. The van der Waals surface area contributed by atoms with Gasteiger partial charge in [0.1, 0.15) is 5.75 Å². The van der Waals surface area contributed by atoms with Crippen LogP contribution in [-0.2, 0) is 0 Å². The van der Waals surface area contributed by atoms with Crippen molar-refractivity contribution in [3.8, 4) is 11.4 Å². The normalized spacial score (nSPS) is 10.6. The summed E-state index contributed by atoms with van der Waals surface area (Å²) in [6.45, 7) is 1.93. The maximum absolute atomic E-state index is 12.5. The zero-order valence-corrected chi connectivity index (χ0v) is 14.1. The van der Waals surface area contributed by atoms with Gasteiger partial charge in [0.05, 0.1) is 23.4 Å². The second kappa shape index (κ2) is 6.44. The standard InChI is InChI=1S/C16H14ClN3O2S/c1-10-9-18-16(23-10)19-15(21)11-7-12(17)13(8-14(11)22-2)20-5-3-4-6-20/h3-9H,1-2H3,(H,18,19,21). The Balaban J connectivity index is 1.95. The number of rotatable bonds is 4. The van der Waals surface area contributed by atoms with E-state index in [2.05, 4.69) is 10.3 Å². The second-order valence-electron chi connectivity index (χ2n) is 4.82. The molecule has 0 unspecified atom stereocenters. The monoisotopic (exact) mass is 347 g/mol. The van der Waals surface area contributed by atoms with E-state index < -0.39 is 0 Å². The van der Waals surface area contributed by atoms with Crippen molar-refractivity contribution >= 4 is 34.0 Å². The third kappa shape index (κ3) is 3.23. The highest BCUT2D eigenvalue weighted by atomic mass is 35.5. The molecule has 0 saturated carbocycles. The summed E-state index contributed by atoms with van der Waals surface area (Å²) >= 11 is 7.74. The number of ether oxygens (including phenoxy) is 1. The molecule has 1 N–H and O–H groups in total. The topological polar surface area (TPSA) is 56.1 Å². The smallest absolute Gasteiger partial charge is 0.261 e. The van der Waals surface area contributed by atoms with Gasteiger partial charge in [-0.05, 0) is 25.1 Å². The van der Waals surface area contributed by atoms with E-state index in [-0.39, 0.29) is 5.91 Å². The van der Waals surface area contributed by atoms with Crippen LogP contribution in [0.5, 0.6) is 5.75 Å². The molecule has 0 fully saturated rings. The number of carbonyl (C=O) groups excluding carboxylic acids is 1. The molecule has 0 aliphatic carbocycles. The molecule has 0 bridgehead atoms. The molecule has 3 rings (SSSR count). The molecule has 0 aliphatic heterocycles. The van der Waals surface area contributed by atoms with Gasteiger partial charge in [0.25, 0.3) is 5.91 Å². The minimum Gasteiger partial charge on any atom is -0.496 e. The first-order valence-corrected chi connectivity index (χ1v) is 8.02. The number of nitrogens with zero attached hydrogens (tertiary/aromatic N) is 2. The van der Waals surface area contributed by atoms with Crippen LogP contribution in [-0.4, -0.2) is 22.6 Å². The Morgan fingerprint density at radius 3 is 2.70 bits per heavy atom. The van der Waals surface area contributed by atoms with Gasteiger partial charge in [-0.2, -0.15) is 0 Å². The van der Waals surface area contributed by atoms with Gasteiger partial charge in [-0.15, -0.1) is 11.3 Å². The molecule has 1 amide bonds. The van der Waals surface area contributed by atoms with E-state index in [0.29, 0.717) is 21.5 Å². The number of nitrogens with one attached hydrogen (secondary N) is 1. The fraction of sp³-hybridized carbons (Fsp3) is 0.125. The molecule has 0 saturated heterocycles. The molecule has 2 aromatic heterocycles. The number of methoxy groups -OCH3 is 1. The van der Waals surface area contributed by atoms with Gasteiger partial charge in [-0.3, -0.25) is 10.1 Å². The van der Waals surface area contributed by atoms with Crippen LogP contribution in [0.15, 0.2) is 42.9 Å². The summed E-state index contributed by atoms with van der Waals surface area (Å²) in [4.78, 5) is 17.6. The van der Waals surface area contributed by atoms with Crippen molar-refractivity contribution in [1.82, 2.24) is 9.55 Å². The van der Waals surface area contributed by atoms with E-state index in [0.717, 1.165) is 10.6 Å². The number of anilines is 1. The Kier molecular flexibility index (Phi) is 4.36. The number of carbonyl (C=O) groups is 1. The number of aryl methyl sites for hydroxylation is 1. The van der Waals surface area contributed by atoms with Gasteiger partial charge in [0.2, 0.25) is 0 Å². The maximum Gasteiger partial charge on any atom is 0.261 e. The van der Waals surface area contributed by atoms with Crippen LogP contribution in [0.25, 0.3) is 5.69 Å². The van der Waals surface area contributed by atoms with Crippen LogP contribution in [0.1, 0.15) is 15.2 Å². The first-order valence-electron chi connectivity index (χ1n) is 6.83. The quantitative estimate of drug-likeness (QED) is 0.771. The van der Waals surface area contributed by atoms with E-state index in [1.54, 1.807) is 18.3 Å². The van der Waals surface area contributed by atoms with Crippen LogP contribution >= 0.6 is 22.9 Å². The summed E-state index contributed by atoms with van der Waals surface area (Å²) in [6.07, 6.45) is 5.46. The molecule has 0 spiro atoms. The van der Waals surface area contributed by atoms with Crippen molar-refractivity contribution in [3.63, 3.8) is 0 Å². The number of hydrogen-bond donors (Lipinski definition) is 1. The van der Waals surface area contributed by atoms with Gasteiger partial charge in [-0.1, -0.05) is 11.6 Å². The number of aromatic nitrogens is 2. The fourth-order valence-corrected chi connectivity index (χ4v) is 3.08. The minimum absolute atomic E-state index is 0.308. The number of benzene rings is 1. The average Bonchev–Trinajstić information content (AvgIpc) is 3.19. The first kappa shape index (κ1) is 15.6.